The molecule has 1 unspecified atom stereocenters. The van der Waals surface area contributed by atoms with E-state index in [1.165, 1.54) is 6.42 Å². The van der Waals surface area contributed by atoms with Gasteiger partial charge in [0.05, 0.1) is 11.9 Å². The Morgan fingerprint density at radius 1 is 1.44 bits per heavy atom. The zero-order chi connectivity index (χ0) is 13.0. The molecule has 1 fully saturated rings. The minimum Gasteiger partial charge on any atom is -0.285 e. The second-order valence-electron chi connectivity index (χ2n) is 5.16. The summed E-state index contributed by atoms with van der Waals surface area (Å²) in [5, 5.41) is 6.52. The number of rotatable bonds is 5. The van der Waals surface area contributed by atoms with Crippen LogP contribution in [-0.4, -0.2) is 24.4 Å². The average Bonchev–Trinajstić information content (AvgIpc) is 2.82. The molecule has 1 aliphatic rings. The van der Waals surface area contributed by atoms with Gasteiger partial charge >= 0.3 is 0 Å². The zero-order valence-corrected chi connectivity index (χ0v) is 11.5. The van der Waals surface area contributed by atoms with Gasteiger partial charge < -0.3 is 0 Å². The Labute approximate surface area is 108 Å². The summed E-state index contributed by atoms with van der Waals surface area (Å²) in [7, 11) is -3.20. The predicted octanol–water partition coefficient (Wildman–Crippen LogP) is 1.97. The van der Waals surface area contributed by atoms with Crippen LogP contribution in [0.25, 0.3) is 0 Å². The van der Waals surface area contributed by atoms with Gasteiger partial charge in [-0.2, -0.15) is 5.10 Å². The van der Waals surface area contributed by atoms with E-state index in [9.17, 15) is 8.42 Å². The lowest BCUT2D eigenvalue weighted by molar-refractivity contribution is 0.383. The van der Waals surface area contributed by atoms with Crippen LogP contribution >= 0.6 is 0 Å². The number of nitrogens with zero attached hydrogens (tertiary/aromatic N) is 1. The van der Waals surface area contributed by atoms with Crippen LogP contribution < -0.4 is 4.72 Å². The van der Waals surface area contributed by atoms with E-state index in [4.69, 9.17) is 0 Å². The van der Waals surface area contributed by atoms with E-state index in [1.807, 2.05) is 6.92 Å². The van der Waals surface area contributed by atoms with Gasteiger partial charge in [-0.1, -0.05) is 19.3 Å². The fourth-order valence-corrected chi connectivity index (χ4v) is 4.27. The summed E-state index contributed by atoms with van der Waals surface area (Å²) < 4.78 is 26.8. The summed E-state index contributed by atoms with van der Waals surface area (Å²) in [6.07, 6.45) is 9.02. The van der Waals surface area contributed by atoms with Crippen LogP contribution in [0.15, 0.2) is 12.4 Å². The number of H-pyrrole nitrogens is 1. The number of hydrogen-bond donors (Lipinski definition) is 2. The van der Waals surface area contributed by atoms with Crippen LogP contribution in [0.5, 0.6) is 0 Å². The number of hydrogen-bond acceptors (Lipinski definition) is 3. The van der Waals surface area contributed by atoms with Crippen molar-refractivity contribution in [2.24, 2.45) is 5.92 Å². The minimum absolute atomic E-state index is 0.225. The van der Waals surface area contributed by atoms with Crippen LogP contribution in [0.4, 0.5) is 0 Å². The molecule has 0 radical (unpaired) electrons. The van der Waals surface area contributed by atoms with Crippen molar-refractivity contribution >= 4 is 10.0 Å². The smallest absolute Gasteiger partial charge is 0.212 e. The molecule has 1 aliphatic carbocycles. The molecule has 0 bridgehead atoms. The third-order valence-corrected chi connectivity index (χ3v) is 5.18. The molecule has 18 heavy (non-hydrogen) atoms. The summed E-state index contributed by atoms with van der Waals surface area (Å²) >= 11 is 0. The van der Waals surface area contributed by atoms with Gasteiger partial charge in [-0.25, -0.2) is 13.1 Å². The maximum absolute atomic E-state index is 12.1. The van der Waals surface area contributed by atoms with Gasteiger partial charge in [-0.15, -0.1) is 0 Å². The summed E-state index contributed by atoms with van der Waals surface area (Å²) in [4.78, 5) is 0. The molecule has 2 N–H and O–H groups in total. The third kappa shape index (κ3) is 3.81. The van der Waals surface area contributed by atoms with Crippen LogP contribution in [0, 0.1) is 5.92 Å². The van der Waals surface area contributed by atoms with E-state index in [1.54, 1.807) is 12.4 Å². The molecule has 102 valence electrons. The topological polar surface area (TPSA) is 74.8 Å². The van der Waals surface area contributed by atoms with Crippen LogP contribution in [0.1, 0.15) is 50.6 Å². The Morgan fingerprint density at radius 2 is 2.17 bits per heavy atom. The summed E-state index contributed by atoms with van der Waals surface area (Å²) in [5.41, 5.74) is 0.863. The lowest BCUT2D eigenvalue weighted by atomic mass is 9.91. The van der Waals surface area contributed by atoms with Crippen molar-refractivity contribution in [3.8, 4) is 0 Å². The number of sulfonamides is 1. The van der Waals surface area contributed by atoms with Gasteiger partial charge in [-0.05, 0) is 25.7 Å². The molecule has 0 aromatic carbocycles. The highest BCUT2D eigenvalue weighted by Gasteiger charge is 2.23. The molecule has 1 atom stereocenters. The lowest BCUT2D eigenvalue weighted by Gasteiger charge is -2.22. The second kappa shape index (κ2) is 5.84. The van der Waals surface area contributed by atoms with E-state index in [0.717, 1.165) is 31.2 Å². The van der Waals surface area contributed by atoms with Crippen molar-refractivity contribution < 1.29 is 8.42 Å². The second-order valence-corrected chi connectivity index (χ2v) is 6.96. The standard InChI is InChI=1S/C12H21N3O2S/c1-10(12-7-13-14-8-12)15-18(16,17)9-11-5-3-2-4-6-11/h7-8,10-11,15H,2-6,9H2,1H3,(H,13,14). The SMILES string of the molecule is CC(NS(=O)(=O)CC1CCCCC1)c1cn[nH]c1. The van der Waals surface area contributed by atoms with Gasteiger partial charge in [0.1, 0.15) is 0 Å². The van der Waals surface area contributed by atoms with Gasteiger partial charge in [-0.3, -0.25) is 5.10 Å². The first kappa shape index (κ1) is 13.5. The summed E-state index contributed by atoms with van der Waals surface area (Å²) in [6, 6.07) is -0.225. The predicted molar refractivity (Wildman–Crippen MR) is 70.5 cm³/mol. The van der Waals surface area contributed by atoms with E-state index in [-0.39, 0.29) is 11.8 Å². The molecule has 6 heteroatoms. The fraction of sp³-hybridized carbons (Fsp3) is 0.750. The fourth-order valence-electron chi connectivity index (χ4n) is 2.55. The molecule has 0 saturated heterocycles. The molecule has 0 amide bonds. The third-order valence-electron chi connectivity index (χ3n) is 3.56. The highest BCUT2D eigenvalue weighted by molar-refractivity contribution is 7.89. The first-order valence-electron chi connectivity index (χ1n) is 6.55. The largest absolute Gasteiger partial charge is 0.285 e. The van der Waals surface area contributed by atoms with Crippen LogP contribution in [0.2, 0.25) is 0 Å². The molecule has 1 aromatic rings. The van der Waals surface area contributed by atoms with Crippen LogP contribution in [-0.2, 0) is 10.0 Å². The van der Waals surface area contributed by atoms with E-state index < -0.39 is 10.0 Å². The normalized spacial score (nSPS) is 19.8. The van der Waals surface area contributed by atoms with Crippen molar-refractivity contribution in [3.63, 3.8) is 0 Å². The number of aromatic nitrogens is 2. The molecule has 0 spiro atoms. The summed E-state index contributed by atoms with van der Waals surface area (Å²) in [5.74, 6) is 0.586. The maximum Gasteiger partial charge on any atom is 0.212 e. The number of nitrogens with one attached hydrogen (secondary N) is 2. The highest BCUT2D eigenvalue weighted by atomic mass is 32.2. The number of aromatic amines is 1. The Hall–Kier alpha value is -0.880. The molecule has 2 rings (SSSR count). The van der Waals surface area contributed by atoms with Gasteiger partial charge in [0.15, 0.2) is 0 Å². The molecule has 0 aliphatic heterocycles. The van der Waals surface area contributed by atoms with Crippen molar-refractivity contribution in [2.75, 3.05) is 5.75 Å². The van der Waals surface area contributed by atoms with Crippen molar-refractivity contribution in [3.05, 3.63) is 18.0 Å². The van der Waals surface area contributed by atoms with Crippen molar-refractivity contribution in [2.45, 2.75) is 45.1 Å². The molecule has 5 nitrogen and oxygen atoms in total. The Kier molecular flexibility index (Phi) is 4.40. The Morgan fingerprint density at radius 3 is 2.78 bits per heavy atom. The van der Waals surface area contributed by atoms with E-state index in [2.05, 4.69) is 14.9 Å². The molecule has 1 saturated carbocycles. The quantitative estimate of drug-likeness (QED) is 0.859. The summed E-state index contributed by atoms with van der Waals surface area (Å²) in [6.45, 7) is 1.84. The van der Waals surface area contributed by atoms with E-state index in [0.29, 0.717) is 5.92 Å². The van der Waals surface area contributed by atoms with Crippen molar-refractivity contribution in [1.82, 2.24) is 14.9 Å². The molecule has 1 heterocycles. The Bertz CT molecular complexity index is 450. The monoisotopic (exact) mass is 271 g/mol. The van der Waals surface area contributed by atoms with Crippen LogP contribution in [0.3, 0.4) is 0 Å². The first-order valence-corrected chi connectivity index (χ1v) is 8.21. The highest BCUT2D eigenvalue weighted by Crippen LogP contribution is 2.25. The van der Waals surface area contributed by atoms with Crippen molar-refractivity contribution in [1.29, 1.82) is 0 Å². The maximum atomic E-state index is 12.1. The minimum atomic E-state index is -3.20. The first-order chi connectivity index (χ1) is 8.57. The van der Waals surface area contributed by atoms with Gasteiger partial charge in [0, 0.05) is 17.8 Å². The zero-order valence-electron chi connectivity index (χ0n) is 10.7. The molecular weight excluding hydrogens is 250 g/mol. The lowest BCUT2D eigenvalue weighted by Crippen LogP contribution is -2.32. The van der Waals surface area contributed by atoms with Gasteiger partial charge in [0.2, 0.25) is 10.0 Å². The van der Waals surface area contributed by atoms with E-state index >= 15 is 0 Å². The molecular formula is C12H21N3O2S. The van der Waals surface area contributed by atoms with Gasteiger partial charge in [0.25, 0.3) is 0 Å². The average molecular weight is 271 g/mol. The Balaban J connectivity index is 1.90. The molecule has 1 aromatic heterocycles.